The number of nitrogens with zero attached hydrogens (tertiary/aromatic N) is 2. The summed E-state index contributed by atoms with van der Waals surface area (Å²) in [6, 6.07) is 11.6. The maximum absolute atomic E-state index is 13.8. The molecule has 0 aliphatic heterocycles. The average Bonchev–Trinajstić information content (AvgIpc) is 3.18. The van der Waals surface area contributed by atoms with Crippen LogP contribution < -0.4 is 10.9 Å². The Labute approximate surface area is 190 Å². The van der Waals surface area contributed by atoms with Gasteiger partial charge in [0.2, 0.25) is 0 Å². The molecule has 0 aliphatic rings. The summed E-state index contributed by atoms with van der Waals surface area (Å²) in [4.78, 5) is 38.5. The van der Waals surface area contributed by atoms with Crippen molar-refractivity contribution in [1.29, 1.82) is 0 Å². The fraction of sp³-hybridized carbons (Fsp3) is 0.0909. The lowest BCUT2D eigenvalue weighted by Crippen LogP contribution is -2.25. The largest absolute Gasteiger partial charge is 0.461 e. The average molecular weight is 472 g/mol. The fourth-order valence-corrected chi connectivity index (χ4v) is 4.20. The van der Waals surface area contributed by atoms with Gasteiger partial charge >= 0.3 is 5.97 Å². The van der Waals surface area contributed by atoms with Crippen LogP contribution in [0.25, 0.3) is 16.5 Å². The van der Waals surface area contributed by atoms with Crippen molar-refractivity contribution < 1.29 is 18.7 Å². The van der Waals surface area contributed by atoms with Crippen molar-refractivity contribution in [1.82, 2.24) is 9.78 Å². The number of halogens is 2. The van der Waals surface area contributed by atoms with Gasteiger partial charge in [-0.05, 0) is 43.3 Å². The summed E-state index contributed by atoms with van der Waals surface area (Å²) in [7, 11) is 0. The van der Waals surface area contributed by atoms with Crippen LogP contribution in [0, 0.1) is 5.82 Å². The lowest BCUT2D eigenvalue weighted by Gasteiger charge is -2.10. The Morgan fingerprint density at radius 3 is 2.72 bits per heavy atom. The fourth-order valence-electron chi connectivity index (χ4n) is 3.08. The standard InChI is InChI=1S/C22H15ClFN3O4S/c1-2-31-22(30)18-16-11-32-20(25-19(28)12-5-3-6-13(23)9-12)17(16)21(29)27(26-18)15-8-4-7-14(24)10-15/h3-11H,2H2,1H3,(H,25,28). The number of nitrogens with one attached hydrogen (secondary N) is 1. The third-order valence-electron chi connectivity index (χ3n) is 4.49. The zero-order valence-corrected chi connectivity index (χ0v) is 18.2. The van der Waals surface area contributed by atoms with Crippen molar-refractivity contribution in [3.63, 3.8) is 0 Å². The maximum atomic E-state index is 13.8. The molecule has 0 saturated heterocycles. The highest BCUT2D eigenvalue weighted by atomic mass is 35.5. The van der Waals surface area contributed by atoms with Crippen LogP contribution in [0.1, 0.15) is 27.8 Å². The molecule has 2 heterocycles. The molecule has 0 saturated carbocycles. The molecule has 1 amide bonds. The zero-order chi connectivity index (χ0) is 22.8. The first-order valence-corrected chi connectivity index (χ1v) is 10.7. The number of thiophene rings is 1. The maximum Gasteiger partial charge on any atom is 0.359 e. The van der Waals surface area contributed by atoms with E-state index >= 15 is 0 Å². The number of aromatic nitrogens is 2. The van der Waals surface area contributed by atoms with Gasteiger partial charge in [0, 0.05) is 21.4 Å². The molecule has 4 aromatic rings. The molecule has 0 radical (unpaired) electrons. The molecule has 0 spiro atoms. The molecule has 0 aliphatic carbocycles. The van der Waals surface area contributed by atoms with Gasteiger partial charge in [-0.2, -0.15) is 9.78 Å². The van der Waals surface area contributed by atoms with Crippen LogP contribution >= 0.6 is 22.9 Å². The van der Waals surface area contributed by atoms with Crippen molar-refractivity contribution in [2.24, 2.45) is 0 Å². The molecular weight excluding hydrogens is 457 g/mol. The molecule has 0 unspecified atom stereocenters. The molecule has 4 rings (SSSR count). The van der Waals surface area contributed by atoms with Crippen molar-refractivity contribution in [2.45, 2.75) is 6.92 Å². The van der Waals surface area contributed by atoms with Gasteiger partial charge in [-0.3, -0.25) is 9.59 Å². The summed E-state index contributed by atoms with van der Waals surface area (Å²) >= 11 is 7.02. The highest BCUT2D eigenvalue weighted by Crippen LogP contribution is 2.31. The van der Waals surface area contributed by atoms with E-state index in [9.17, 15) is 18.8 Å². The second-order valence-electron chi connectivity index (χ2n) is 6.58. The molecule has 2 aromatic heterocycles. The molecule has 1 N–H and O–H groups in total. The van der Waals surface area contributed by atoms with Crippen molar-refractivity contribution in [2.75, 3.05) is 11.9 Å². The predicted octanol–water partition coefficient (Wildman–Crippen LogP) is 4.67. The summed E-state index contributed by atoms with van der Waals surface area (Å²) < 4.78 is 19.8. The van der Waals surface area contributed by atoms with Crippen LogP contribution in [0.2, 0.25) is 5.02 Å². The van der Waals surface area contributed by atoms with E-state index in [0.29, 0.717) is 10.6 Å². The quantitative estimate of drug-likeness (QED) is 0.427. The van der Waals surface area contributed by atoms with Gasteiger partial charge in [-0.1, -0.05) is 23.7 Å². The van der Waals surface area contributed by atoms with Crippen LogP contribution in [0.5, 0.6) is 0 Å². The molecule has 2 aromatic carbocycles. The molecule has 32 heavy (non-hydrogen) atoms. The molecule has 7 nitrogen and oxygen atoms in total. The third kappa shape index (κ3) is 4.12. The van der Waals surface area contributed by atoms with E-state index < -0.39 is 23.3 Å². The van der Waals surface area contributed by atoms with Crippen LogP contribution in [0.4, 0.5) is 9.39 Å². The summed E-state index contributed by atoms with van der Waals surface area (Å²) in [6.45, 7) is 1.74. The van der Waals surface area contributed by atoms with Crippen molar-refractivity contribution in [3.05, 3.63) is 86.4 Å². The Bertz CT molecular complexity index is 1420. The highest BCUT2D eigenvalue weighted by Gasteiger charge is 2.23. The molecule has 162 valence electrons. The van der Waals surface area contributed by atoms with Gasteiger partial charge in [-0.25, -0.2) is 9.18 Å². The Balaban J connectivity index is 1.89. The monoisotopic (exact) mass is 471 g/mol. The second-order valence-corrected chi connectivity index (χ2v) is 7.90. The van der Waals surface area contributed by atoms with E-state index in [1.54, 1.807) is 30.5 Å². The van der Waals surface area contributed by atoms with Crippen LogP contribution in [0.3, 0.4) is 0 Å². The van der Waals surface area contributed by atoms with E-state index in [1.807, 2.05) is 0 Å². The van der Waals surface area contributed by atoms with E-state index in [1.165, 1.54) is 24.3 Å². The minimum atomic E-state index is -0.742. The Morgan fingerprint density at radius 2 is 2.00 bits per heavy atom. The number of fused-ring (bicyclic) bond motifs is 1. The topological polar surface area (TPSA) is 90.3 Å². The van der Waals surface area contributed by atoms with E-state index in [0.717, 1.165) is 22.1 Å². The van der Waals surface area contributed by atoms with Gasteiger partial charge in [0.25, 0.3) is 11.5 Å². The Kier molecular flexibility index (Phi) is 6.02. The van der Waals surface area contributed by atoms with Gasteiger partial charge in [0.05, 0.1) is 17.7 Å². The third-order valence-corrected chi connectivity index (χ3v) is 5.62. The number of anilines is 1. The molecule has 0 bridgehead atoms. The summed E-state index contributed by atoms with van der Waals surface area (Å²) in [5, 5.41) is 9.26. The molecule has 0 fully saturated rings. The number of hydrogen-bond donors (Lipinski definition) is 1. The van der Waals surface area contributed by atoms with Crippen LogP contribution in [-0.4, -0.2) is 28.3 Å². The summed E-state index contributed by atoms with van der Waals surface area (Å²) in [5.41, 5.74) is -0.323. The molecule has 10 heteroatoms. The lowest BCUT2D eigenvalue weighted by molar-refractivity contribution is 0.0520. The number of esters is 1. The smallest absolute Gasteiger partial charge is 0.359 e. The Hall–Kier alpha value is -3.56. The number of carbonyl (C=O) groups excluding carboxylic acids is 2. The van der Waals surface area contributed by atoms with Gasteiger partial charge in [-0.15, -0.1) is 11.3 Å². The summed E-state index contributed by atoms with van der Waals surface area (Å²) in [5.74, 6) is -1.80. The van der Waals surface area contributed by atoms with E-state index in [-0.39, 0.29) is 33.8 Å². The van der Waals surface area contributed by atoms with Crippen molar-refractivity contribution >= 4 is 50.6 Å². The SMILES string of the molecule is CCOC(=O)c1nn(-c2cccc(F)c2)c(=O)c2c(NC(=O)c3cccc(Cl)c3)scc12. The van der Waals surface area contributed by atoms with Gasteiger partial charge < -0.3 is 10.1 Å². The number of carbonyl (C=O) groups is 2. The van der Waals surface area contributed by atoms with Crippen molar-refractivity contribution in [3.8, 4) is 5.69 Å². The van der Waals surface area contributed by atoms with Gasteiger partial charge in [0.1, 0.15) is 10.8 Å². The van der Waals surface area contributed by atoms with Crippen LogP contribution in [0.15, 0.2) is 58.7 Å². The normalized spacial score (nSPS) is 10.8. The number of ether oxygens (including phenoxy) is 1. The van der Waals surface area contributed by atoms with Crippen LogP contribution in [-0.2, 0) is 4.74 Å². The first-order valence-electron chi connectivity index (χ1n) is 9.43. The second kappa shape index (κ2) is 8.89. The minimum Gasteiger partial charge on any atom is -0.461 e. The first-order chi connectivity index (χ1) is 15.4. The zero-order valence-electron chi connectivity index (χ0n) is 16.6. The number of benzene rings is 2. The Morgan fingerprint density at radius 1 is 1.22 bits per heavy atom. The summed E-state index contributed by atoms with van der Waals surface area (Å²) in [6.07, 6.45) is 0. The molecule has 0 atom stereocenters. The first kappa shape index (κ1) is 21.7. The number of rotatable bonds is 5. The lowest BCUT2D eigenvalue weighted by atomic mass is 10.2. The van der Waals surface area contributed by atoms with Gasteiger partial charge in [0.15, 0.2) is 5.69 Å². The number of hydrogen-bond acceptors (Lipinski definition) is 6. The molecular formula is C22H15ClFN3O4S. The number of amides is 1. The van der Waals surface area contributed by atoms with E-state index in [2.05, 4.69) is 10.4 Å². The minimum absolute atomic E-state index is 0.0627. The predicted molar refractivity (Wildman–Crippen MR) is 121 cm³/mol. The highest BCUT2D eigenvalue weighted by molar-refractivity contribution is 7.16. The van der Waals surface area contributed by atoms with E-state index in [4.69, 9.17) is 16.3 Å².